The Hall–Kier alpha value is -2.19. The van der Waals surface area contributed by atoms with Gasteiger partial charge in [0.2, 0.25) is 0 Å². The molecule has 0 spiro atoms. The van der Waals surface area contributed by atoms with Crippen LogP contribution in [0.4, 0.5) is 5.13 Å². The maximum atomic E-state index is 13.3. The zero-order valence-corrected chi connectivity index (χ0v) is 18.6. The van der Waals surface area contributed by atoms with E-state index in [1.165, 1.54) is 0 Å². The SMILES string of the molecule is COc1ccc(C(=O)N(CCCN2CCOCC2)c2nc3ccccc3s2)cc1.Cl. The molecule has 0 radical (unpaired) electrons. The van der Waals surface area contributed by atoms with E-state index in [1.807, 2.05) is 53.4 Å². The third-order valence-corrected chi connectivity index (χ3v) is 6.11. The number of amides is 1. The normalized spacial score (nSPS) is 14.3. The van der Waals surface area contributed by atoms with E-state index in [4.69, 9.17) is 14.5 Å². The third kappa shape index (κ3) is 5.29. The van der Waals surface area contributed by atoms with Gasteiger partial charge < -0.3 is 9.47 Å². The van der Waals surface area contributed by atoms with Gasteiger partial charge in [0.1, 0.15) is 5.75 Å². The number of para-hydroxylation sites is 1. The molecule has 0 saturated carbocycles. The number of hydrogen-bond donors (Lipinski definition) is 0. The number of anilines is 1. The molecule has 0 N–H and O–H groups in total. The smallest absolute Gasteiger partial charge is 0.260 e. The van der Waals surface area contributed by atoms with Crippen LogP contribution in [0.2, 0.25) is 0 Å². The fraction of sp³-hybridized carbons (Fsp3) is 0.364. The van der Waals surface area contributed by atoms with Crippen molar-refractivity contribution in [3.05, 3.63) is 54.1 Å². The molecule has 1 saturated heterocycles. The lowest BCUT2D eigenvalue weighted by Crippen LogP contribution is -2.39. The fourth-order valence-corrected chi connectivity index (χ4v) is 4.42. The number of aromatic nitrogens is 1. The largest absolute Gasteiger partial charge is 0.497 e. The van der Waals surface area contributed by atoms with E-state index in [2.05, 4.69) is 4.90 Å². The first-order valence-electron chi connectivity index (χ1n) is 9.86. The molecule has 0 atom stereocenters. The lowest BCUT2D eigenvalue weighted by Gasteiger charge is -2.27. The molecule has 2 aromatic carbocycles. The number of hydrogen-bond acceptors (Lipinski definition) is 6. The van der Waals surface area contributed by atoms with Crippen LogP contribution in [0.1, 0.15) is 16.8 Å². The minimum absolute atomic E-state index is 0. The van der Waals surface area contributed by atoms with Crippen molar-refractivity contribution in [1.82, 2.24) is 9.88 Å². The predicted octanol–water partition coefficient (Wildman–Crippen LogP) is 4.10. The number of carbonyl (C=O) groups excluding carboxylic acids is 1. The van der Waals surface area contributed by atoms with Crippen molar-refractivity contribution in [2.45, 2.75) is 6.42 Å². The fourth-order valence-electron chi connectivity index (χ4n) is 3.43. The van der Waals surface area contributed by atoms with Crippen LogP contribution in [0, 0.1) is 0 Å². The average molecular weight is 448 g/mol. The van der Waals surface area contributed by atoms with Crippen LogP contribution in [0.5, 0.6) is 5.75 Å². The molecule has 6 nitrogen and oxygen atoms in total. The third-order valence-electron chi connectivity index (χ3n) is 5.06. The van der Waals surface area contributed by atoms with Gasteiger partial charge in [-0.05, 0) is 42.8 Å². The van der Waals surface area contributed by atoms with Crippen molar-refractivity contribution < 1.29 is 14.3 Å². The number of thiazole rings is 1. The van der Waals surface area contributed by atoms with Crippen LogP contribution >= 0.6 is 23.7 Å². The molecule has 0 bridgehead atoms. The quantitative estimate of drug-likeness (QED) is 0.546. The topological polar surface area (TPSA) is 54.9 Å². The van der Waals surface area contributed by atoms with Crippen LogP contribution in [0.25, 0.3) is 10.2 Å². The number of carbonyl (C=O) groups is 1. The maximum absolute atomic E-state index is 13.3. The second-order valence-corrected chi connectivity index (χ2v) is 7.97. The highest BCUT2D eigenvalue weighted by Crippen LogP contribution is 2.30. The summed E-state index contributed by atoms with van der Waals surface area (Å²) in [4.78, 5) is 22.2. The van der Waals surface area contributed by atoms with Crippen molar-refractivity contribution in [2.24, 2.45) is 0 Å². The number of nitrogens with zero attached hydrogens (tertiary/aromatic N) is 3. The molecule has 2 heterocycles. The van der Waals surface area contributed by atoms with Gasteiger partial charge in [0.05, 0.1) is 30.5 Å². The summed E-state index contributed by atoms with van der Waals surface area (Å²) in [5.41, 5.74) is 1.56. The minimum Gasteiger partial charge on any atom is -0.497 e. The molecular formula is C22H26ClN3O3S. The van der Waals surface area contributed by atoms with Crippen LogP contribution in [0.15, 0.2) is 48.5 Å². The molecule has 30 heavy (non-hydrogen) atoms. The van der Waals surface area contributed by atoms with Gasteiger partial charge in [0.15, 0.2) is 5.13 Å². The summed E-state index contributed by atoms with van der Waals surface area (Å²) in [7, 11) is 1.62. The van der Waals surface area contributed by atoms with Gasteiger partial charge in [-0.15, -0.1) is 12.4 Å². The van der Waals surface area contributed by atoms with Gasteiger partial charge in [0.25, 0.3) is 5.91 Å². The van der Waals surface area contributed by atoms with Crippen molar-refractivity contribution in [1.29, 1.82) is 0 Å². The van der Waals surface area contributed by atoms with E-state index in [1.54, 1.807) is 18.4 Å². The average Bonchev–Trinajstić information content (AvgIpc) is 3.21. The number of morpholine rings is 1. The lowest BCUT2D eigenvalue weighted by atomic mass is 10.2. The summed E-state index contributed by atoms with van der Waals surface area (Å²) in [5, 5.41) is 0.744. The van der Waals surface area contributed by atoms with Gasteiger partial charge in [-0.25, -0.2) is 4.98 Å². The Morgan fingerprint density at radius 3 is 2.60 bits per heavy atom. The minimum atomic E-state index is -0.0336. The summed E-state index contributed by atoms with van der Waals surface area (Å²) in [6.45, 7) is 5.04. The van der Waals surface area contributed by atoms with Crippen LogP contribution in [-0.4, -0.2) is 62.3 Å². The van der Waals surface area contributed by atoms with E-state index in [-0.39, 0.29) is 18.3 Å². The van der Waals surface area contributed by atoms with Crippen molar-refractivity contribution in [3.8, 4) is 5.75 Å². The van der Waals surface area contributed by atoms with Gasteiger partial charge in [-0.3, -0.25) is 14.6 Å². The summed E-state index contributed by atoms with van der Waals surface area (Å²) in [6.07, 6.45) is 0.887. The monoisotopic (exact) mass is 447 g/mol. The van der Waals surface area contributed by atoms with Gasteiger partial charge in [0, 0.05) is 31.7 Å². The van der Waals surface area contributed by atoms with E-state index in [0.717, 1.165) is 60.4 Å². The van der Waals surface area contributed by atoms with Crippen LogP contribution in [-0.2, 0) is 4.74 Å². The first-order valence-corrected chi connectivity index (χ1v) is 10.7. The van der Waals surface area contributed by atoms with Crippen LogP contribution in [0.3, 0.4) is 0 Å². The molecule has 160 valence electrons. The van der Waals surface area contributed by atoms with Gasteiger partial charge in [-0.1, -0.05) is 23.5 Å². The van der Waals surface area contributed by atoms with Gasteiger partial charge in [-0.2, -0.15) is 0 Å². The molecule has 4 rings (SSSR count). The molecular weight excluding hydrogens is 422 g/mol. The standard InChI is InChI=1S/C22H25N3O3S.ClH/c1-27-18-9-7-17(8-10-18)21(26)25(12-4-11-24-13-15-28-16-14-24)22-23-19-5-2-3-6-20(19)29-22;/h2-3,5-10H,4,11-16H2,1H3;1H. The highest BCUT2D eigenvalue weighted by atomic mass is 35.5. The lowest BCUT2D eigenvalue weighted by molar-refractivity contribution is 0.0376. The molecule has 0 unspecified atom stereocenters. The highest BCUT2D eigenvalue weighted by molar-refractivity contribution is 7.22. The number of ether oxygens (including phenoxy) is 2. The second-order valence-electron chi connectivity index (χ2n) is 6.96. The molecule has 1 aliphatic heterocycles. The van der Waals surface area contributed by atoms with E-state index in [9.17, 15) is 4.79 Å². The van der Waals surface area contributed by atoms with Crippen molar-refractivity contribution >= 4 is 45.0 Å². The highest BCUT2D eigenvalue weighted by Gasteiger charge is 2.22. The summed E-state index contributed by atoms with van der Waals surface area (Å²) >= 11 is 1.56. The zero-order chi connectivity index (χ0) is 20.1. The molecule has 8 heteroatoms. The molecule has 0 aliphatic carbocycles. The molecule has 1 fully saturated rings. The number of rotatable bonds is 7. The Morgan fingerprint density at radius 1 is 1.17 bits per heavy atom. The predicted molar refractivity (Wildman–Crippen MR) is 123 cm³/mol. The molecule has 1 aromatic heterocycles. The Labute approximate surface area is 186 Å². The number of methoxy groups -OCH3 is 1. The first kappa shape index (κ1) is 22.5. The van der Waals surface area contributed by atoms with Crippen molar-refractivity contribution in [3.63, 3.8) is 0 Å². The molecule has 1 amide bonds. The van der Waals surface area contributed by atoms with E-state index in [0.29, 0.717) is 12.1 Å². The Bertz CT molecular complexity index is 925. The maximum Gasteiger partial charge on any atom is 0.260 e. The molecule has 1 aliphatic rings. The Kier molecular flexibility index (Phi) is 8.04. The number of fused-ring (bicyclic) bond motifs is 1. The Morgan fingerprint density at radius 2 is 1.90 bits per heavy atom. The summed E-state index contributed by atoms with van der Waals surface area (Å²) in [5.74, 6) is 0.703. The number of benzene rings is 2. The zero-order valence-electron chi connectivity index (χ0n) is 17.0. The van der Waals surface area contributed by atoms with Crippen molar-refractivity contribution in [2.75, 3.05) is 51.4 Å². The molecule has 3 aromatic rings. The number of halogens is 1. The Balaban J connectivity index is 0.00000256. The van der Waals surface area contributed by atoms with E-state index >= 15 is 0 Å². The van der Waals surface area contributed by atoms with Gasteiger partial charge >= 0.3 is 0 Å². The summed E-state index contributed by atoms with van der Waals surface area (Å²) < 4.78 is 11.7. The van der Waals surface area contributed by atoms with Crippen LogP contribution < -0.4 is 9.64 Å². The second kappa shape index (κ2) is 10.7. The van der Waals surface area contributed by atoms with E-state index < -0.39 is 0 Å². The first-order chi connectivity index (χ1) is 14.2. The summed E-state index contributed by atoms with van der Waals surface area (Å²) in [6, 6.07) is 15.2.